The van der Waals surface area contributed by atoms with Crippen molar-refractivity contribution >= 4 is 29.7 Å². The summed E-state index contributed by atoms with van der Waals surface area (Å²) in [7, 11) is 0. The maximum Gasteiger partial charge on any atom is 0.305 e. The Morgan fingerprint density at radius 1 is 1.25 bits per heavy atom. The molecule has 0 aromatic heterocycles. The lowest BCUT2D eigenvalue weighted by molar-refractivity contribution is -0.143. The molecule has 0 saturated heterocycles. The second-order valence-electron chi connectivity index (χ2n) is 5.16. The SMILES string of the molecule is CCN(CC)C(=O)[C@H](CCC(=O)OCCCl)N=Cc1ccccc1. The normalized spacial score (nSPS) is 12.1. The van der Waals surface area contributed by atoms with E-state index in [1.165, 1.54) is 0 Å². The monoisotopic (exact) mass is 352 g/mol. The fourth-order valence-electron chi connectivity index (χ4n) is 2.20. The van der Waals surface area contributed by atoms with Crippen molar-refractivity contribution in [2.45, 2.75) is 32.7 Å². The Morgan fingerprint density at radius 3 is 2.50 bits per heavy atom. The molecule has 0 saturated carbocycles. The van der Waals surface area contributed by atoms with E-state index in [2.05, 4.69) is 4.99 Å². The highest BCUT2D eigenvalue weighted by Crippen LogP contribution is 2.09. The summed E-state index contributed by atoms with van der Waals surface area (Å²) in [5, 5.41) is 0. The van der Waals surface area contributed by atoms with Crippen molar-refractivity contribution in [3.63, 3.8) is 0 Å². The average Bonchev–Trinajstić information content (AvgIpc) is 2.61. The zero-order chi connectivity index (χ0) is 17.8. The lowest BCUT2D eigenvalue weighted by atomic mass is 10.1. The number of rotatable bonds is 10. The minimum Gasteiger partial charge on any atom is -0.464 e. The van der Waals surface area contributed by atoms with E-state index in [4.69, 9.17) is 16.3 Å². The van der Waals surface area contributed by atoms with E-state index in [0.29, 0.717) is 19.5 Å². The summed E-state index contributed by atoms with van der Waals surface area (Å²) in [6.45, 7) is 5.26. The summed E-state index contributed by atoms with van der Waals surface area (Å²) < 4.78 is 4.95. The molecule has 0 aliphatic heterocycles. The van der Waals surface area contributed by atoms with Gasteiger partial charge >= 0.3 is 5.97 Å². The Bertz CT molecular complexity index is 530. The summed E-state index contributed by atoms with van der Waals surface area (Å²) in [5.74, 6) is -0.167. The molecule has 24 heavy (non-hydrogen) atoms. The van der Waals surface area contributed by atoms with Gasteiger partial charge in [0, 0.05) is 25.7 Å². The molecule has 1 atom stereocenters. The van der Waals surface area contributed by atoms with Crippen molar-refractivity contribution in [2.75, 3.05) is 25.6 Å². The van der Waals surface area contributed by atoms with Crippen molar-refractivity contribution in [1.29, 1.82) is 0 Å². The molecule has 0 bridgehead atoms. The number of halogens is 1. The number of likely N-dealkylation sites (N-methyl/N-ethyl adjacent to an activating group) is 1. The van der Waals surface area contributed by atoms with Crippen LogP contribution in [0.1, 0.15) is 32.3 Å². The predicted octanol–water partition coefficient (Wildman–Crippen LogP) is 2.90. The Labute approximate surface area is 148 Å². The lowest BCUT2D eigenvalue weighted by Gasteiger charge is -2.22. The largest absolute Gasteiger partial charge is 0.464 e. The van der Waals surface area contributed by atoms with Crippen LogP contribution < -0.4 is 0 Å². The third-order valence-corrected chi connectivity index (χ3v) is 3.68. The molecule has 0 aliphatic carbocycles. The maximum atomic E-state index is 12.6. The molecule has 0 radical (unpaired) electrons. The van der Waals surface area contributed by atoms with Gasteiger partial charge in [-0.1, -0.05) is 30.3 Å². The number of alkyl halides is 1. The molecule has 5 nitrogen and oxygen atoms in total. The first-order valence-corrected chi connectivity index (χ1v) is 8.74. The molecule has 132 valence electrons. The first kappa shape index (κ1) is 20.2. The molecule has 6 heteroatoms. The number of carbonyl (C=O) groups excluding carboxylic acids is 2. The third-order valence-electron chi connectivity index (χ3n) is 3.53. The highest BCUT2D eigenvalue weighted by molar-refractivity contribution is 6.18. The van der Waals surface area contributed by atoms with Crippen LogP contribution in [0.25, 0.3) is 0 Å². The molecular weight excluding hydrogens is 328 g/mol. The highest BCUT2D eigenvalue weighted by atomic mass is 35.5. The van der Waals surface area contributed by atoms with Crippen LogP contribution in [0.4, 0.5) is 0 Å². The minimum atomic E-state index is -0.589. The van der Waals surface area contributed by atoms with Crippen LogP contribution in [0.3, 0.4) is 0 Å². The predicted molar refractivity (Wildman–Crippen MR) is 96.7 cm³/mol. The molecule has 1 amide bonds. The van der Waals surface area contributed by atoms with E-state index in [1.807, 2.05) is 44.2 Å². The first-order valence-electron chi connectivity index (χ1n) is 8.20. The van der Waals surface area contributed by atoms with Gasteiger partial charge in [-0.15, -0.1) is 11.6 Å². The number of ether oxygens (including phenoxy) is 1. The van der Waals surface area contributed by atoms with Gasteiger partial charge in [-0.05, 0) is 25.8 Å². The molecule has 1 aromatic rings. The number of nitrogens with zero attached hydrogens (tertiary/aromatic N) is 2. The van der Waals surface area contributed by atoms with E-state index in [-0.39, 0.29) is 30.8 Å². The first-order chi connectivity index (χ1) is 11.6. The smallest absolute Gasteiger partial charge is 0.305 e. The molecule has 0 fully saturated rings. The van der Waals surface area contributed by atoms with Gasteiger partial charge in [0.25, 0.3) is 0 Å². The summed E-state index contributed by atoms with van der Waals surface area (Å²) in [6, 6.07) is 8.98. The molecule has 0 N–H and O–H groups in total. The van der Waals surface area contributed by atoms with Crippen LogP contribution in [-0.2, 0) is 14.3 Å². The zero-order valence-corrected chi connectivity index (χ0v) is 15.0. The molecule has 0 heterocycles. The molecule has 1 aromatic carbocycles. The summed E-state index contributed by atoms with van der Waals surface area (Å²) in [5.41, 5.74) is 0.916. The van der Waals surface area contributed by atoms with Gasteiger partial charge in [-0.25, -0.2) is 0 Å². The van der Waals surface area contributed by atoms with Gasteiger partial charge in [0.15, 0.2) is 0 Å². The fourth-order valence-corrected chi connectivity index (χ4v) is 2.28. The van der Waals surface area contributed by atoms with Gasteiger partial charge < -0.3 is 9.64 Å². The van der Waals surface area contributed by atoms with Crippen molar-refractivity contribution < 1.29 is 14.3 Å². The van der Waals surface area contributed by atoms with E-state index in [9.17, 15) is 9.59 Å². The van der Waals surface area contributed by atoms with Crippen LogP contribution in [0.15, 0.2) is 35.3 Å². The maximum absolute atomic E-state index is 12.6. The molecular formula is C18H25ClN2O3. The van der Waals surface area contributed by atoms with E-state index < -0.39 is 6.04 Å². The second kappa shape index (κ2) is 11.6. The summed E-state index contributed by atoms with van der Waals surface area (Å²) in [6.07, 6.45) is 2.14. The number of amides is 1. The van der Waals surface area contributed by atoms with E-state index >= 15 is 0 Å². The molecule has 1 rings (SSSR count). The molecule has 0 aliphatic rings. The Kier molecular flexibility index (Phi) is 9.77. The number of hydrogen-bond acceptors (Lipinski definition) is 4. The minimum absolute atomic E-state index is 0.0719. The van der Waals surface area contributed by atoms with Gasteiger partial charge in [-0.3, -0.25) is 14.6 Å². The molecule has 0 spiro atoms. The number of carbonyl (C=O) groups is 2. The number of benzene rings is 1. The Morgan fingerprint density at radius 2 is 1.92 bits per heavy atom. The molecule has 0 unspecified atom stereocenters. The summed E-state index contributed by atoms with van der Waals surface area (Å²) in [4.78, 5) is 30.4. The average molecular weight is 353 g/mol. The Hall–Kier alpha value is -1.88. The number of aliphatic imine (C=N–C) groups is 1. The van der Waals surface area contributed by atoms with E-state index in [1.54, 1.807) is 11.1 Å². The summed E-state index contributed by atoms with van der Waals surface area (Å²) >= 11 is 5.49. The van der Waals surface area contributed by atoms with Crippen molar-refractivity contribution in [1.82, 2.24) is 4.90 Å². The van der Waals surface area contributed by atoms with Gasteiger partial charge in [0.2, 0.25) is 5.91 Å². The topological polar surface area (TPSA) is 59.0 Å². The van der Waals surface area contributed by atoms with Gasteiger partial charge in [-0.2, -0.15) is 0 Å². The van der Waals surface area contributed by atoms with Crippen molar-refractivity contribution in [3.05, 3.63) is 35.9 Å². The third kappa shape index (κ3) is 7.13. The van der Waals surface area contributed by atoms with Gasteiger partial charge in [0.05, 0.1) is 5.88 Å². The van der Waals surface area contributed by atoms with Crippen LogP contribution in [0.5, 0.6) is 0 Å². The highest BCUT2D eigenvalue weighted by Gasteiger charge is 2.22. The second-order valence-corrected chi connectivity index (χ2v) is 5.54. The van der Waals surface area contributed by atoms with Crippen molar-refractivity contribution in [3.8, 4) is 0 Å². The van der Waals surface area contributed by atoms with Crippen LogP contribution in [0, 0.1) is 0 Å². The lowest BCUT2D eigenvalue weighted by Crippen LogP contribution is -2.38. The van der Waals surface area contributed by atoms with Gasteiger partial charge in [0.1, 0.15) is 12.6 Å². The standard InChI is InChI=1S/C18H25ClN2O3/c1-3-21(4-2)18(23)16(10-11-17(22)24-13-12-19)20-14-15-8-6-5-7-9-15/h5-9,14,16H,3-4,10-13H2,1-2H3/t16-/m0/s1. The zero-order valence-electron chi connectivity index (χ0n) is 14.3. The quantitative estimate of drug-likeness (QED) is 0.369. The van der Waals surface area contributed by atoms with Crippen LogP contribution in [-0.4, -0.2) is 54.6 Å². The number of hydrogen-bond donors (Lipinski definition) is 0. The Balaban J connectivity index is 2.77. The van der Waals surface area contributed by atoms with E-state index in [0.717, 1.165) is 5.56 Å². The fraction of sp³-hybridized carbons (Fsp3) is 0.500. The number of esters is 1. The van der Waals surface area contributed by atoms with Crippen molar-refractivity contribution in [2.24, 2.45) is 4.99 Å². The van der Waals surface area contributed by atoms with Crippen LogP contribution in [0.2, 0.25) is 0 Å². The van der Waals surface area contributed by atoms with Crippen LogP contribution >= 0.6 is 11.6 Å².